The lowest BCUT2D eigenvalue weighted by Gasteiger charge is -2.06. The van der Waals surface area contributed by atoms with Crippen molar-refractivity contribution in [3.05, 3.63) is 63.8 Å². The molecule has 0 fully saturated rings. The van der Waals surface area contributed by atoms with Crippen molar-refractivity contribution in [1.29, 1.82) is 0 Å². The molecule has 2 aromatic heterocycles. The van der Waals surface area contributed by atoms with Gasteiger partial charge in [0, 0.05) is 22.4 Å². The lowest BCUT2D eigenvalue weighted by atomic mass is 10.2. The third-order valence-electron chi connectivity index (χ3n) is 3.85. The van der Waals surface area contributed by atoms with Crippen LogP contribution in [0.2, 0.25) is 0 Å². The standard InChI is InChI=1S/C17H17N5OS/c1-11-4-6-12(7-5-11)18-10-13-9-15(23)22-17(19-13)20-16(21-22)14-3-2-8-24-14/h3-7,9,18H,2,8,10H2,1H3,(H,19,20,21). The number of benzene rings is 1. The summed E-state index contributed by atoms with van der Waals surface area (Å²) < 4.78 is 1.39. The molecule has 0 atom stereocenters. The summed E-state index contributed by atoms with van der Waals surface area (Å²) in [6.07, 6.45) is 3.17. The quantitative estimate of drug-likeness (QED) is 0.764. The van der Waals surface area contributed by atoms with E-state index in [1.165, 1.54) is 16.1 Å². The number of nitrogens with zero attached hydrogens (tertiary/aromatic N) is 3. The Bertz CT molecular complexity index is 971. The Kier molecular flexibility index (Phi) is 3.86. The number of H-pyrrole nitrogens is 1. The summed E-state index contributed by atoms with van der Waals surface area (Å²) in [6.45, 7) is 2.53. The van der Waals surface area contributed by atoms with Gasteiger partial charge in [-0.25, -0.2) is 4.98 Å². The molecule has 3 heterocycles. The van der Waals surface area contributed by atoms with Gasteiger partial charge in [0.15, 0.2) is 5.82 Å². The van der Waals surface area contributed by atoms with Gasteiger partial charge in [-0.3, -0.25) is 9.89 Å². The Hall–Kier alpha value is -2.54. The molecule has 0 unspecified atom stereocenters. The highest BCUT2D eigenvalue weighted by Crippen LogP contribution is 2.31. The average Bonchev–Trinajstić information content (AvgIpc) is 3.23. The molecule has 1 aromatic carbocycles. The third-order valence-corrected chi connectivity index (χ3v) is 4.96. The Labute approximate surface area is 143 Å². The molecular formula is C17H17N5OS. The summed E-state index contributed by atoms with van der Waals surface area (Å²) >= 11 is 1.74. The van der Waals surface area contributed by atoms with E-state index in [1.54, 1.807) is 11.8 Å². The van der Waals surface area contributed by atoms with Gasteiger partial charge < -0.3 is 5.32 Å². The lowest BCUT2D eigenvalue weighted by molar-refractivity contribution is 0.873. The van der Waals surface area contributed by atoms with Crippen molar-refractivity contribution in [2.45, 2.75) is 19.9 Å². The molecule has 0 bridgehead atoms. The van der Waals surface area contributed by atoms with E-state index in [0.717, 1.165) is 22.8 Å². The fraction of sp³-hybridized carbons (Fsp3) is 0.235. The van der Waals surface area contributed by atoms with Gasteiger partial charge in [0.1, 0.15) is 0 Å². The molecule has 0 spiro atoms. The van der Waals surface area contributed by atoms with Crippen LogP contribution in [0.15, 0.2) is 41.2 Å². The summed E-state index contributed by atoms with van der Waals surface area (Å²) in [6, 6.07) is 9.64. The minimum atomic E-state index is -0.150. The Morgan fingerprint density at radius 1 is 1.29 bits per heavy atom. The normalized spacial score (nSPS) is 14.1. The average molecular weight is 339 g/mol. The first-order valence-electron chi connectivity index (χ1n) is 7.81. The van der Waals surface area contributed by atoms with E-state index >= 15 is 0 Å². The monoisotopic (exact) mass is 339 g/mol. The van der Waals surface area contributed by atoms with Crippen LogP contribution in [-0.4, -0.2) is 25.3 Å². The second-order valence-corrected chi connectivity index (χ2v) is 6.86. The van der Waals surface area contributed by atoms with E-state index < -0.39 is 0 Å². The highest BCUT2D eigenvalue weighted by atomic mass is 32.2. The van der Waals surface area contributed by atoms with Crippen molar-refractivity contribution in [2.24, 2.45) is 0 Å². The maximum atomic E-state index is 12.3. The summed E-state index contributed by atoms with van der Waals surface area (Å²) in [5, 5.41) is 6.31. The summed E-state index contributed by atoms with van der Waals surface area (Å²) in [4.78, 5) is 22.3. The molecule has 1 aliphatic rings. The zero-order chi connectivity index (χ0) is 16.5. The van der Waals surface area contributed by atoms with E-state index in [4.69, 9.17) is 0 Å². The van der Waals surface area contributed by atoms with Crippen LogP contribution in [0.1, 0.15) is 23.5 Å². The second-order valence-electron chi connectivity index (χ2n) is 5.72. The SMILES string of the molecule is Cc1ccc(NCc2cc(=O)n3[nH]c(C4=CCCS4)nc3n2)cc1. The lowest BCUT2D eigenvalue weighted by Crippen LogP contribution is -2.17. The van der Waals surface area contributed by atoms with Gasteiger partial charge in [0.2, 0.25) is 0 Å². The number of allylic oxidation sites excluding steroid dienone is 1. The number of thioether (sulfide) groups is 1. The van der Waals surface area contributed by atoms with Gasteiger partial charge in [0.25, 0.3) is 11.3 Å². The number of hydrogen-bond acceptors (Lipinski definition) is 5. The van der Waals surface area contributed by atoms with Crippen LogP contribution in [0, 0.1) is 6.92 Å². The third kappa shape index (κ3) is 2.94. The number of anilines is 1. The van der Waals surface area contributed by atoms with Crippen molar-refractivity contribution >= 4 is 28.1 Å². The molecule has 6 nitrogen and oxygen atoms in total. The number of hydrogen-bond donors (Lipinski definition) is 2. The topological polar surface area (TPSA) is 75.1 Å². The molecular weight excluding hydrogens is 322 g/mol. The Balaban J connectivity index is 1.59. The van der Waals surface area contributed by atoms with E-state index in [-0.39, 0.29) is 5.56 Å². The van der Waals surface area contributed by atoms with Crippen LogP contribution in [0.25, 0.3) is 10.7 Å². The molecule has 2 N–H and O–H groups in total. The molecule has 3 aromatic rings. The molecule has 0 saturated carbocycles. The van der Waals surface area contributed by atoms with Crippen molar-refractivity contribution in [1.82, 2.24) is 19.6 Å². The van der Waals surface area contributed by atoms with Gasteiger partial charge in [-0.05, 0) is 25.5 Å². The van der Waals surface area contributed by atoms with Gasteiger partial charge in [-0.15, -0.1) is 11.8 Å². The molecule has 0 radical (unpaired) electrons. The molecule has 24 heavy (non-hydrogen) atoms. The fourth-order valence-corrected chi connectivity index (χ4v) is 3.49. The zero-order valence-corrected chi connectivity index (χ0v) is 14.1. The van der Waals surface area contributed by atoms with E-state index in [1.807, 2.05) is 31.2 Å². The largest absolute Gasteiger partial charge is 0.379 e. The highest BCUT2D eigenvalue weighted by Gasteiger charge is 2.14. The predicted octanol–water partition coefficient (Wildman–Crippen LogP) is 2.82. The summed E-state index contributed by atoms with van der Waals surface area (Å²) in [7, 11) is 0. The molecule has 0 saturated heterocycles. The molecule has 7 heteroatoms. The molecule has 0 aliphatic carbocycles. The van der Waals surface area contributed by atoms with Crippen molar-refractivity contribution < 1.29 is 0 Å². The van der Waals surface area contributed by atoms with E-state index in [2.05, 4.69) is 26.5 Å². The summed E-state index contributed by atoms with van der Waals surface area (Å²) in [5.41, 5.74) is 2.73. The molecule has 4 rings (SSSR count). The molecule has 1 aliphatic heterocycles. The van der Waals surface area contributed by atoms with Crippen LogP contribution in [0.4, 0.5) is 5.69 Å². The second kappa shape index (κ2) is 6.16. The van der Waals surface area contributed by atoms with Crippen molar-refractivity contribution in [2.75, 3.05) is 11.1 Å². The van der Waals surface area contributed by atoms with Gasteiger partial charge >= 0.3 is 0 Å². The fourth-order valence-electron chi connectivity index (χ4n) is 2.58. The zero-order valence-electron chi connectivity index (χ0n) is 13.2. The van der Waals surface area contributed by atoms with Gasteiger partial charge in [0.05, 0.1) is 12.2 Å². The predicted molar refractivity (Wildman–Crippen MR) is 97.2 cm³/mol. The Morgan fingerprint density at radius 3 is 2.88 bits per heavy atom. The van der Waals surface area contributed by atoms with Crippen LogP contribution in [-0.2, 0) is 6.54 Å². The number of nitrogens with one attached hydrogen (secondary N) is 2. The van der Waals surface area contributed by atoms with Crippen LogP contribution in [0.3, 0.4) is 0 Å². The minimum Gasteiger partial charge on any atom is -0.379 e. The first-order chi connectivity index (χ1) is 11.7. The van der Waals surface area contributed by atoms with Crippen molar-refractivity contribution in [3.8, 4) is 0 Å². The number of aromatic nitrogens is 4. The maximum Gasteiger partial charge on any atom is 0.274 e. The number of aromatic amines is 1. The van der Waals surface area contributed by atoms with Crippen LogP contribution >= 0.6 is 11.8 Å². The van der Waals surface area contributed by atoms with Gasteiger partial charge in [-0.1, -0.05) is 23.8 Å². The number of aryl methyl sites for hydroxylation is 1. The number of rotatable bonds is 4. The van der Waals surface area contributed by atoms with Crippen molar-refractivity contribution in [3.63, 3.8) is 0 Å². The molecule has 122 valence electrons. The van der Waals surface area contributed by atoms with Gasteiger partial charge in [-0.2, -0.15) is 9.50 Å². The number of fused-ring (bicyclic) bond motifs is 1. The minimum absolute atomic E-state index is 0.150. The van der Waals surface area contributed by atoms with Crippen LogP contribution < -0.4 is 10.9 Å². The van der Waals surface area contributed by atoms with E-state index in [0.29, 0.717) is 23.8 Å². The van der Waals surface area contributed by atoms with Crippen LogP contribution in [0.5, 0.6) is 0 Å². The maximum absolute atomic E-state index is 12.3. The molecule has 0 amide bonds. The first-order valence-corrected chi connectivity index (χ1v) is 8.80. The van der Waals surface area contributed by atoms with E-state index in [9.17, 15) is 4.79 Å². The smallest absolute Gasteiger partial charge is 0.274 e. The summed E-state index contributed by atoms with van der Waals surface area (Å²) in [5.74, 6) is 2.18. The Morgan fingerprint density at radius 2 is 2.12 bits per heavy atom. The first kappa shape index (κ1) is 15.0. The highest BCUT2D eigenvalue weighted by molar-refractivity contribution is 8.08.